The van der Waals surface area contributed by atoms with Crippen LogP contribution < -0.4 is 25.8 Å². The standard InChI is InChI=1S/C27H28F4N4O5.ClH/c1-13(32)24-23(25(37)34-20(11-33-14(2)36)18-7-6-17(28)10-19(18)29)35-26(40-24)16-5-8-21(39-27(30)31)22(9-16)38-12-15-3-4-15;/h5-10,13,15,20,27H,3-4,11-12,32H2,1-2H3,(H,33,36)(H,34,37);1H/t13-,20-;/m0./s1. The third-order valence-electron chi connectivity index (χ3n) is 6.06. The highest BCUT2D eigenvalue weighted by atomic mass is 35.5. The fourth-order valence-electron chi connectivity index (χ4n) is 3.86. The lowest BCUT2D eigenvalue weighted by Gasteiger charge is -2.20. The van der Waals surface area contributed by atoms with E-state index in [9.17, 15) is 27.2 Å². The molecule has 0 radical (unpaired) electrons. The van der Waals surface area contributed by atoms with Gasteiger partial charge in [-0.2, -0.15) is 8.78 Å². The molecule has 3 aromatic rings. The molecule has 1 aliphatic rings. The molecule has 1 saturated carbocycles. The summed E-state index contributed by atoms with van der Waals surface area (Å²) in [7, 11) is 0. The van der Waals surface area contributed by atoms with E-state index in [2.05, 4.69) is 20.4 Å². The number of rotatable bonds is 12. The first kappa shape index (κ1) is 31.7. The molecule has 1 fully saturated rings. The van der Waals surface area contributed by atoms with Crippen molar-refractivity contribution >= 4 is 24.2 Å². The van der Waals surface area contributed by atoms with Gasteiger partial charge in [0.25, 0.3) is 5.91 Å². The molecule has 9 nitrogen and oxygen atoms in total. The number of carbonyl (C=O) groups is 2. The van der Waals surface area contributed by atoms with Gasteiger partial charge in [0.2, 0.25) is 11.8 Å². The summed E-state index contributed by atoms with van der Waals surface area (Å²) in [4.78, 5) is 29.1. The van der Waals surface area contributed by atoms with E-state index in [1.54, 1.807) is 6.92 Å². The first-order valence-electron chi connectivity index (χ1n) is 12.5. The van der Waals surface area contributed by atoms with Crippen LogP contribution >= 0.6 is 12.4 Å². The van der Waals surface area contributed by atoms with E-state index in [0.29, 0.717) is 24.2 Å². The Balaban J connectivity index is 0.00000462. The Kier molecular flexibility index (Phi) is 10.6. The second-order valence-corrected chi connectivity index (χ2v) is 9.44. The van der Waals surface area contributed by atoms with Gasteiger partial charge in [-0.05, 0) is 49.9 Å². The van der Waals surface area contributed by atoms with Crippen molar-refractivity contribution in [2.75, 3.05) is 13.2 Å². The molecule has 2 aromatic carbocycles. The number of nitrogens with one attached hydrogen (secondary N) is 2. The van der Waals surface area contributed by atoms with Gasteiger partial charge >= 0.3 is 6.61 Å². The number of benzene rings is 2. The summed E-state index contributed by atoms with van der Waals surface area (Å²) in [6.07, 6.45) is 1.96. The second kappa shape index (κ2) is 13.7. The smallest absolute Gasteiger partial charge is 0.387 e. The number of amides is 2. The van der Waals surface area contributed by atoms with Crippen molar-refractivity contribution in [2.45, 2.75) is 45.4 Å². The maximum Gasteiger partial charge on any atom is 0.387 e. The van der Waals surface area contributed by atoms with E-state index in [0.717, 1.165) is 25.0 Å². The van der Waals surface area contributed by atoms with Crippen LogP contribution in [0.15, 0.2) is 40.8 Å². The van der Waals surface area contributed by atoms with Crippen molar-refractivity contribution in [2.24, 2.45) is 11.7 Å². The Bertz CT molecular complexity index is 1380. The molecule has 2 atom stereocenters. The Morgan fingerprint density at radius 1 is 1.15 bits per heavy atom. The van der Waals surface area contributed by atoms with Crippen molar-refractivity contribution in [3.05, 3.63) is 65.1 Å². The fourth-order valence-corrected chi connectivity index (χ4v) is 3.86. The molecule has 41 heavy (non-hydrogen) atoms. The molecule has 0 spiro atoms. The van der Waals surface area contributed by atoms with E-state index in [1.807, 2.05) is 0 Å². The van der Waals surface area contributed by atoms with Gasteiger partial charge in [-0.3, -0.25) is 9.59 Å². The predicted molar refractivity (Wildman–Crippen MR) is 142 cm³/mol. The van der Waals surface area contributed by atoms with E-state index in [-0.39, 0.29) is 53.4 Å². The van der Waals surface area contributed by atoms with Gasteiger partial charge in [0.15, 0.2) is 23.0 Å². The van der Waals surface area contributed by atoms with E-state index in [1.165, 1.54) is 25.1 Å². The fraction of sp³-hybridized carbons (Fsp3) is 0.370. The molecule has 4 rings (SSSR count). The molecular weight excluding hydrogens is 572 g/mol. The van der Waals surface area contributed by atoms with Crippen molar-refractivity contribution in [1.29, 1.82) is 0 Å². The number of hydrogen-bond donors (Lipinski definition) is 3. The maximum atomic E-state index is 14.5. The molecule has 222 valence electrons. The summed E-state index contributed by atoms with van der Waals surface area (Å²) in [5, 5.41) is 5.08. The number of hydrogen-bond acceptors (Lipinski definition) is 7. The van der Waals surface area contributed by atoms with Crippen LogP contribution in [0, 0.1) is 17.6 Å². The lowest BCUT2D eigenvalue weighted by molar-refractivity contribution is -0.119. The van der Waals surface area contributed by atoms with Crippen LogP contribution in [-0.2, 0) is 4.79 Å². The lowest BCUT2D eigenvalue weighted by Crippen LogP contribution is -2.38. The number of nitrogens with zero attached hydrogens (tertiary/aromatic N) is 1. The van der Waals surface area contributed by atoms with Crippen LogP contribution in [0.4, 0.5) is 17.6 Å². The minimum absolute atomic E-state index is 0. The first-order valence-corrected chi connectivity index (χ1v) is 12.5. The summed E-state index contributed by atoms with van der Waals surface area (Å²) >= 11 is 0. The minimum atomic E-state index is -3.06. The Morgan fingerprint density at radius 2 is 1.88 bits per heavy atom. The number of aromatic nitrogens is 1. The van der Waals surface area contributed by atoms with E-state index in [4.69, 9.17) is 14.9 Å². The maximum absolute atomic E-state index is 14.5. The SMILES string of the molecule is CC(=O)NC[C@H](NC(=O)c1nc(-c2ccc(OC(F)F)c(OCC3CC3)c2)oc1[C@H](C)N)c1ccc(F)cc1F.Cl. The normalized spacial score (nSPS) is 14.1. The number of nitrogens with two attached hydrogens (primary N) is 1. The van der Waals surface area contributed by atoms with Crippen LogP contribution in [0.2, 0.25) is 0 Å². The van der Waals surface area contributed by atoms with Gasteiger partial charge in [0, 0.05) is 30.7 Å². The molecule has 0 bridgehead atoms. The highest BCUT2D eigenvalue weighted by Gasteiger charge is 2.28. The summed E-state index contributed by atoms with van der Waals surface area (Å²) in [6, 6.07) is 5.05. The molecule has 2 amide bonds. The first-order chi connectivity index (χ1) is 19.0. The van der Waals surface area contributed by atoms with Crippen molar-refractivity contribution in [1.82, 2.24) is 15.6 Å². The van der Waals surface area contributed by atoms with Crippen LogP contribution in [0.3, 0.4) is 0 Å². The highest BCUT2D eigenvalue weighted by Crippen LogP contribution is 2.37. The van der Waals surface area contributed by atoms with E-state index < -0.39 is 42.1 Å². The van der Waals surface area contributed by atoms with Crippen LogP contribution in [0.1, 0.15) is 60.6 Å². The largest absolute Gasteiger partial charge is 0.489 e. The van der Waals surface area contributed by atoms with Gasteiger partial charge in [-0.25, -0.2) is 13.8 Å². The number of carbonyl (C=O) groups excluding carboxylic acids is 2. The van der Waals surface area contributed by atoms with Gasteiger partial charge in [-0.1, -0.05) is 6.07 Å². The molecule has 14 heteroatoms. The second-order valence-electron chi connectivity index (χ2n) is 9.44. The van der Waals surface area contributed by atoms with Gasteiger partial charge in [0.05, 0.1) is 18.7 Å². The zero-order valence-corrected chi connectivity index (χ0v) is 22.9. The van der Waals surface area contributed by atoms with Crippen molar-refractivity contribution in [3.63, 3.8) is 0 Å². The Hall–Kier alpha value is -3.84. The Morgan fingerprint density at radius 3 is 2.49 bits per heavy atom. The highest BCUT2D eigenvalue weighted by molar-refractivity contribution is 5.94. The molecular formula is C27H29ClF4N4O5. The summed E-state index contributed by atoms with van der Waals surface area (Å²) in [5.41, 5.74) is 6.04. The predicted octanol–water partition coefficient (Wildman–Crippen LogP) is 5.06. The summed E-state index contributed by atoms with van der Waals surface area (Å²) < 4.78 is 69.9. The van der Waals surface area contributed by atoms with Crippen molar-refractivity contribution in [3.8, 4) is 23.0 Å². The molecule has 0 aliphatic heterocycles. The monoisotopic (exact) mass is 600 g/mol. The zero-order chi connectivity index (χ0) is 29.0. The number of ether oxygens (including phenoxy) is 2. The minimum Gasteiger partial charge on any atom is -0.489 e. The zero-order valence-electron chi connectivity index (χ0n) is 22.1. The van der Waals surface area contributed by atoms with Gasteiger partial charge in [0.1, 0.15) is 11.6 Å². The molecule has 1 aliphatic carbocycles. The average Bonchev–Trinajstić information content (AvgIpc) is 3.60. The molecule has 1 aromatic heterocycles. The number of oxazole rings is 1. The molecule has 0 unspecified atom stereocenters. The van der Waals surface area contributed by atoms with Crippen LogP contribution in [-0.4, -0.2) is 36.6 Å². The third kappa shape index (κ3) is 8.33. The number of alkyl halides is 2. The van der Waals surface area contributed by atoms with Crippen molar-refractivity contribution < 1.29 is 41.0 Å². The van der Waals surface area contributed by atoms with Crippen LogP contribution in [0.25, 0.3) is 11.5 Å². The quantitative estimate of drug-likeness (QED) is 0.248. The summed E-state index contributed by atoms with van der Waals surface area (Å²) in [5.74, 6) is -2.80. The lowest BCUT2D eigenvalue weighted by atomic mass is 10.1. The number of halogens is 5. The van der Waals surface area contributed by atoms with Gasteiger partial charge < -0.3 is 30.3 Å². The topological polar surface area (TPSA) is 129 Å². The molecule has 1 heterocycles. The van der Waals surface area contributed by atoms with Crippen LogP contribution in [0.5, 0.6) is 11.5 Å². The molecule has 0 saturated heterocycles. The Labute approximate surface area is 239 Å². The summed E-state index contributed by atoms with van der Waals surface area (Å²) in [6.45, 7) is -0.136. The molecule has 4 N–H and O–H groups in total. The average molecular weight is 601 g/mol. The van der Waals surface area contributed by atoms with Gasteiger partial charge in [-0.15, -0.1) is 12.4 Å². The third-order valence-corrected chi connectivity index (χ3v) is 6.06. The van der Waals surface area contributed by atoms with E-state index >= 15 is 0 Å².